The van der Waals surface area contributed by atoms with E-state index in [4.69, 9.17) is 5.73 Å². The summed E-state index contributed by atoms with van der Waals surface area (Å²) in [5, 5.41) is 0. The molecule has 0 unspecified atom stereocenters. The molecule has 0 fully saturated rings. The summed E-state index contributed by atoms with van der Waals surface area (Å²) in [4.78, 5) is 0. The number of unbranched alkanes of at least 4 members (excludes halogenated alkanes) is 23. The highest BCUT2D eigenvalue weighted by Crippen LogP contribution is 2.13. The van der Waals surface area contributed by atoms with E-state index in [1.807, 2.05) is 0 Å². The van der Waals surface area contributed by atoms with Gasteiger partial charge in [0, 0.05) is 0 Å². The minimum atomic E-state index is 0.872. The smallest absolute Gasteiger partial charge is 0.00773 e. The summed E-state index contributed by atoms with van der Waals surface area (Å²) >= 11 is 0. The van der Waals surface area contributed by atoms with Gasteiger partial charge in [-0.15, -0.1) is 0 Å². The van der Waals surface area contributed by atoms with Crippen molar-refractivity contribution in [3.63, 3.8) is 0 Å². The average molecular weight is 426 g/mol. The Hall–Kier alpha value is -0.0400. The van der Waals surface area contributed by atoms with Gasteiger partial charge in [0.05, 0.1) is 0 Å². The van der Waals surface area contributed by atoms with Gasteiger partial charge < -0.3 is 5.73 Å². The van der Waals surface area contributed by atoms with Crippen LogP contribution in [0.5, 0.6) is 0 Å². The maximum atomic E-state index is 5.42. The molecular weight excluding hydrogens is 362 g/mol. The second kappa shape index (κ2) is 33.6. The monoisotopic (exact) mass is 425 g/mol. The van der Waals surface area contributed by atoms with Crippen LogP contribution >= 0.6 is 0 Å². The molecule has 0 aromatic rings. The number of hydrogen-bond donors (Lipinski definition) is 1. The third-order valence-corrected chi connectivity index (χ3v) is 6.26. The van der Waals surface area contributed by atoms with E-state index in [1.54, 1.807) is 0 Å². The van der Waals surface area contributed by atoms with Crippen LogP contribution < -0.4 is 5.73 Å². The first kappa shape index (κ1) is 32.1. The van der Waals surface area contributed by atoms with Gasteiger partial charge in [-0.1, -0.05) is 175 Å². The number of rotatable bonds is 24. The molecule has 1 heteroatoms. The second-order valence-electron chi connectivity index (χ2n) is 9.57. The van der Waals surface area contributed by atoms with E-state index in [9.17, 15) is 0 Å². The molecule has 0 aliphatic carbocycles. The third-order valence-electron chi connectivity index (χ3n) is 6.26. The Morgan fingerprint density at radius 3 is 0.600 bits per heavy atom. The lowest BCUT2D eigenvalue weighted by atomic mass is 10.0. The first-order valence-corrected chi connectivity index (χ1v) is 14.5. The quantitative estimate of drug-likeness (QED) is 0.153. The van der Waals surface area contributed by atoms with E-state index in [1.165, 1.54) is 161 Å². The maximum Gasteiger partial charge on any atom is -0.00773 e. The fourth-order valence-corrected chi connectivity index (χ4v) is 4.08. The first-order chi connectivity index (χ1) is 14.8. The molecule has 1 nitrogen and oxygen atoms in total. The summed E-state index contributed by atoms with van der Waals surface area (Å²) in [6.45, 7) is 7.73. The van der Waals surface area contributed by atoms with Gasteiger partial charge in [0.1, 0.15) is 0 Å². The van der Waals surface area contributed by atoms with Crippen molar-refractivity contribution in [1.82, 2.24) is 0 Å². The van der Waals surface area contributed by atoms with Crippen LogP contribution in [-0.2, 0) is 0 Å². The molecule has 0 rings (SSSR count). The van der Waals surface area contributed by atoms with Crippen molar-refractivity contribution in [3.8, 4) is 0 Å². The Morgan fingerprint density at radius 1 is 0.267 bits per heavy atom. The van der Waals surface area contributed by atoms with Gasteiger partial charge in [-0.25, -0.2) is 0 Å². The molecule has 2 N–H and O–H groups in total. The molecule has 0 aromatic carbocycles. The molecule has 0 atom stereocenters. The molecule has 184 valence electrons. The molecular formula is C29H63N. The molecule has 0 aliphatic heterocycles. The molecule has 0 heterocycles. The Labute approximate surface area is 193 Å². The predicted molar refractivity (Wildman–Crippen MR) is 142 cm³/mol. The molecule has 0 saturated heterocycles. The summed E-state index contributed by atoms with van der Waals surface area (Å²) in [6, 6.07) is 0. The van der Waals surface area contributed by atoms with Crippen LogP contribution in [0.15, 0.2) is 0 Å². The Bertz CT molecular complexity index is 227. The van der Waals surface area contributed by atoms with Crippen molar-refractivity contribution in [3.05, 3.63) is 0 Å². The molecule has 0 saturated carbocycles. The average Bonchev–Trinajstić information content (AvgIpc) is 2.76. The van der Waals surface area contributed by atoms with Gasteiger partial charge in [-0.2, -0.15) is 0 Å². The summed E-state index contributed by atoms with van der Waals surface area (Å²) in [6.07, 6.45) is 35.8. The van der Waals surface area contributed by atoms with Crippen molar-refractivity contribution in [2.24, 2.45) is 5.73 Å². The molecule has 0 aliphatic rings. The van der Waals surface area contributed by atoms with Crippen LogP contribution in [0.2, 0.25) is 0 Å². The highest BCUT2D eigenvalue weighted by molar-refractivity contribution is 4.49. The zero-order chi connectivity index (χ0) is 22.4. The Morgan fingerprint density at radius 2 is 0.433 bits per heavy atom. The van der Waals surface area contributed by atoms with Gasteiger partial charge >= 0.3 is 0 Å². The summed E-state index contributed by atoms with van der Waals surface area (Å²) in [7, 11) is 0. The Kier molecular flexibility index (Phi) is 36.0. The van der Waals surface area contributed by atoms with E-state index in [2.05, 4.69) is 20.8 Å². The van der Waals surface area contributed by atoms with Crippen molar-refractivity contribution in [1.29, 1.82) is 0 Å². The minimum Gasteiger partial charge on any atom is -0.330 e. The van der Waals surface area contributed by atoms with Crippen LogP contribution in [0.4, 0.5) is 0 Å². The fraction of sp³-hybridized carbons (Fsp3) is 1.00. The molecule has 0 aromatic heterocycles. The van der Waals surface area contributed by atoms with Gasteiger partial charge in [0.15, 0.2) is 0 Å². The van der Waals surface area contributed by atoms with Crippen LogP contribution in [-0.4, -0.2) is 6.54 Å². The van der Waals surface area contributed by atoms with Crippen molar-refractivity contribution >= 4 is 0 Å². The minimum absolute atomic E-state index is 0.872. The zero-order valence-corrected chi connectivity index (χ0v) is 22.0. The van der Waals surface area contributed by atoms with E-state index in [0.717, 1.165) is 6.54 Å². The summed E-state index contributed by atoms with van der Waals surface area (Å²) in [5.74, 6) is 0. The standard InChI is InChI=1S/C17H36.C12H27N/c1-3-5-7-9-11-13-15-17-16-14-12-10-8-6-4-2;1-2-3-4-5-6-7-8-9-10-11-12-13/h3-17H2,1-2H3;2-13H2,1H3. The van der Waals surface area contributed by atoms with E-state index >= 15 is 0 Å². The van der Waals surface area contributed by atoms with E-state index in [-0.39, 0.29) is 0 Å². The summed E-state index contributed by atoms with van der Waals surface area (Å²) < 4.78 is 0. The van der Waals surface area contributed by atoms with Gasteiger partial charge in [-0.3, -0.25) is 0 Å². The number of hydrogen-bond acceptors (Lipinski definition) is 1. The third kappa shape index (κ3) is 35.4. The highest BCUT2D eigenvalue weighted by atomic mass is 14.5. The van der Waals surface area contributed by atoms with E-state index in [0.29, 0.717) is 0 Å². The molecule has 0 radical (unpaired) electrons. The first-order valence-electron chi connectivity index (χ1n) is 14.5. The van der Waals surface area contributed by atoms with Crippen LogP contribution in [0.1, 0.15) is 181 Å². The lowest BCUT2D eigenvalue weighted by molar-refractivity contribution is 0.534. The molecule has 0 bridgehead atoms. The predicted octanol–water partition coefficient (Wildman–Crippen LogP) is 10.7. The molecule has 0 amide bonds. The lowest BCUT2D eigenvalue weighted by Crippen LogP contribution is -1.97. The molecule has 0 spiro atoms. The van der Waals surface area contributed by atoms with Crippen LogP contribution in [0, 0.1) is 0 Å². The van der Waals surface area contributed by atoms with Gasteiger partial charge in [-0.05, 0) is 13.0 Å². The van der Waals surface area contributed by atoms with Gasteiger partial charge in [0.25, 0.3) is 0 Å². The SMILES string of the molecule is CCCCCCCCCCCCCCCCC.CCCCCCCCCCCCN. The van der Waals surface area contributed by atoms with Crippen LogP contribution in [0.25, 0.3) is 0 Å². The fourth-order valence-electron chi connectivity index (χ4n) is 4.08. The Balaban J connectivity index is 0. The van der Waals surface area contributed by atoms with E-state index < -0.39 is 0 Å². The van der Waals surface area contributed by atoms with Crippen molar-refractivity contribution in [2.75, 3.05) is 6.54 Å². The topological polar surface area (TPSA) is 26.0 Å². The zero-order valence-electron chi connectivity index (χ0n) is 22.0. The van der Waals surface area contributed by atoms with Crippen molar-refractivity contribution in [2.45, 2.75) is 181 Å². The maximum absolute atomic E-state index is 5.42. The number of nitrogens with two attached hydrogens (primary N) is 1. The normalized spacial score (nSPS) is 10.8. The van der Waals surface area contributed by atoms with Gasteiger partial charge in [0.2, 0.25) is 0 Å². The second-order valence-corrected chi connectivity index (χ2v) is 9.57. The molecule has 30 heavy (non-hydrogen) atoms. The summed E-state index contributed by atoms with van der Waals surface area (Å²) in [5.41, 5.74) is 5.42. The van der Waals surface area contributed by atoms with Crippen molar-refractivity contribution < 1.29 is 0 Å². The lowest BCUT2D eigenvalue weighted by Gasteiger charge is -2.02. The highest BCUT2D eigenvalue weighted by Gasteiger charge is 1.93. The largest absolute Gasteiger partial charge is 0.330 e. The van der Waals surface area contributed by atoms with Crippen LogP contribution in [0.3, 0.4) is 0 Å².